The van der Waals surface area contributed by atoms with Gasteiger partial charge in [0.15, 0.2) is 5.69 Å². The normalized spacial score (nSPS) is 14.3. The summed E-state index contributed by atoms with van der Waals surface area (Å²) in [7, 11) is 0. The number of primary amides is 1. The first-order chi connectivity index (χ1) is 18.9. The minimum atomic E-state index is -1.09. The molecule has 2 aromatic heterocycles. The lowest BCUT2D eigenvalue weighted by Crippen LogP contribution is -2.46. The molecule has 10 nitrogen and oxygen atoms in total. The van der Waals surface area contributed by atoms with Crippen molar-refractivity contribution in [1.82, 2.24) is 14.7 Å². The molecule has 5 rings (SSSR count). The summed E-state index contributed by atoms with van der Waals surface area (Å²) in [6, 6.07) is 13.5. The van der Waals surface area contributed by atoms with Crippen molar-refractivity contribution in [1.29, 1.82) is 0 Å². The molecule has 202 valence electrons. The van der Waals surface area contributed by atoms with Crippen LogP contribution in [0.5, 0.6) is 5.75 Å². The molecular weight excluding hydrogens is 516 g/mol. The first-order valence-corrected chi connectivity index (χ1v) is 13.6. The molecule has 2 heterocycles. The number of para-hydroxylation sites is 3. The predicted octanol–water partition coefficient (Wildman–Crippen LogP) is 4.15. The second kappa shape index (κ2) is 11.2. The van der Waals surface area contributed by atoms with Gasteiger partial charge in [-0.25, -0.2) is 0 Å². The average molecular weight is 547 g/mol. The van der Waals surface area contributed by atoms with Crippen molar-refractivity contribution < 1.29 is 19.1 Å². The highest BCUT2D eigenvalue weighted by Crippen LogP contribution is 2.40. The zero-order valence-electron chi connectivity index (χ0n) is 21.5. The van der Waals surface area contributed by atoms with Crippen LogP contribution in [0.15, 0.2) is 54.7 Å². The summed E-state index contributed by atoms with van der Waals surface area (Å²) in [6.07, 6.45) is 5.56. The van der Waals surface area contributed by atoms with Gasteiger partial charge in [0.1, 0.15) is 16.7 Å². The fraction of sp³-hybridized carbons (Fsp3) is 0.286. The van der Waals surface area contributed by atoms with Crippen molar-refractivity contribution >= 4 is 51.5 Å². The van der Waals surface area contributed by atoms with E-state index < -0.39 is 17.9 Å². The molecule has 0 bridgehead atoms. The molecule has 4 aromatic rings. The maximum Gasteiger partial charge on any atom is 0.273 e. The Hall–Kier alpha value is -4.38. The second-order valence-electron chi connectivity index (χ2n) is 9.40. The second-order valence-corrected chi connectivity index (χ2v) is 10.2. The van der Waals surface area contributed by atoms with Gasteiger partial charge in [-0.2, -0.15) is 4.37 Å². The lowest BCUT2D eigenvalue weighted by atomic mass is 10.0. The Morgan fingerprint density at radius 3 is 2.59 bits per heavy atom. The Balaban J connectivity index is 1.72. The number of hydrogen-bond acceptors (Lipinski definition) is 7. The topological polar surface area (TPSA) is 156 Å². The molecule has 1 saturated carbocycles. The molecule has 39 heavy (non-hydrogen) atoms. The highest BCUT2D eigenvalue weighted by Gasteiger charge is 2.39. The number of rotatable bonds is 9. The Bertz CT molecular complexity index is 1520. The van der Waals surface area contributed by atoms with Gasteiger partial charge in [-0.05, 0) is 49.5 Å². The van der Waals surface area contributed by atoms with E-state index in [0.29, 0.717) is 23.6 Å². The van der Waals surface area contributed by atoms with E-state index >= 15 is 0 Å². The number of fused-ring (bicyclic) bond motifs is 1. The van der Waals surface area contributed by atoms with Gasteiger partial charge in [0, 0.05) is 28.7 Å². The standard InChI is InChI=1S/C28H30N6O4S/c1-2-38-21-14-8-7-13-20(21)34(28(37)25-22(29)23(26(30)35)33-39-25)24(27(36)32-16-9-3-4-10-16)18-15-31-19-12-6-5-11-17(18)19/h5-8,11-16,24,31H,2-4,9-10,29H2,1H3,(H2,30,35)(H,32,36)/t24-/m1/s1. The molecule has 11 heteroatoms. The van der Waals surface area contributed by atoms with E-state index in [9.17, 15) is 14.4 Å². The number of nitrogens with zero attached hydrogens (tertiary/aromatic N) is 2. The van der Waals surface area contributed by atoms with Crippen molar-refractivity contribution in [2.75, 3.05) is 17.2 Å². The number of carbonyl (C=O) groups is 3. The largest absolute Gasteiger partial charge is 0.492 e. The number of aromatic amines is 1. The van der Waals surface area contributed by atoms with Crippen molar-refractivity contribution in [3.63, 3.8) is 0 Å². The maximum absolute atomic E-state index is 14.4. The first-order valence-electron chi connectivity index (χ1n) is 12.9. The number of nitrogens with two attached hydrogens (primary N) is 2. The lowest BCUT2D eigenvalue weighted by Gasteiger charge is -2.32. The quantitative estimate of drug-likeness (QED) is 0.247. The molecule has 2 aromatic carbocycles. The van der Waals surface area contributed by atoms with Gasteiger partial charge in [0.25, 0.3) is 11.8 Å². The van der Waals surface area contributed by atoms with Crippen LogP contribution in [0.1, 0.15) is 64.4 Å². The minimum Gasteiger partial charge on any atom is -0.492 e. The lowest BCUT2D eigenvalue weighted by molar-refractivity contribution is -0.123. The Morgan fingerprint density at radius 1 is 1.15 bits per heavy atom. The van der Waals surface area contributed by atoms with Crippen LogP contribution in [-0.2, 0) is 4.79 Å². The van der Waals surface area contributed by atoms with Gasteiger partial charge in [0.05, 0.1) is 18.0 Å². The number of anilines is 2. The Labute approximate surface area is 229 Å². The molecule has 0 saturated heterocycles. The SMILES string of the molecule is CCOc1ccccc1N(C(=O)c1snc(C(N)=O)c1N)[C@@H](C(=O)NC1CCCC1)c1c[nH]c2ccccc12. The van der Waals surface area contributed by atoms with Crippen LogP contribution >= 0.6 is 11.5 Å². The highest BCUT2D eigenvalue weighted by atomic mass is 32.1. The van der Waals surface area contributed by atoms with Gasteiger partial charge in [0.2, 0.25) is 5.91 Å². The number of ether oxygens (including phenoxy) is 1. The van der Waals surface area contributed by atoms with E-state index in [4.69, 9.17) is 16.2 Å². The van der Waals surface area contributed by atoms with Gasteiger partial charge in [-0.15, -0.1) is 0 Å². The van der Waals surface area contributed by atoms with Crippen molar-refractivity contribution in [2.45, 2.75) is 44.7 Å². The van der Waals surface area contributed by atoms with Crippen LogP contribution in [0.2, 0.25) is 0 Å². The van der Waals surface area contributed by atoms with E-state index in [0.717, 1.165) is 48.1 Å². The monoisotopic (exact) mass is 546 g/mol. The summed E-state index contributed by atoms with van der Waals surface area (Å²) in [4.78, 5) is 45.1. The zero-order valence-corrected chi connectivity index (χ0v) is 22.3. The molecule has 0 unspecified atom stereocenters. The molecule has 1 atom stereocenters. The van der Waals surface area contributed by atoms with E-state index in [2.05, 4.69) is 14.7 Å². The summed E-state index contributed by atoms with van der Waals surface area (Å²) in [6.45, 7) is 2.19. The summed E-state index contributed by atoms with van der Waals surface area (Å²) in [5.41, 5.74) is 13.1. The minimum absolute atomic E-state index is 0.00797. The third kappa shape index (κ3) is 5.05. The molecule has 0 aliphatic heterocycles. The molecule has 1 aliphatic carbocycles. The van der Waals surface area contributed by atoms with Crippen molar-refractivity contribution in [2.24, 2.45) is 5.73 Å². The van der Waals surface area contributed by atoms with Gasteiger partial charge in [-0.1, -0.05) is 43.2 Å². The number of carbonyl (C=O) groups excluding carboxylic acids is 3. The van der Waals surface area contributed by atoms with Crippen molar-refractivity contribution in [3.05, 3.63) is 70.9 Å². The third-order valence-electron chi connectivity index (χ3n) is 6.92. The number of amides is 3. The summed E-state index contributed by atoms with van der Waals surface area (Å²) < 4.78 is 9.92. The number of nitrogens with one attached hydrogen (secondary N) is 2. The van der Waals surface area contributed by atoms with Crippen molar-refractivity contribution in [3.8, 4) is 5.75 Å². The smallest absolute Gasteiger partial charge is 0.273 e. The predicted molar refractivity (Wildman–Crippen MR) is 151 cm³/mol. The number of H-pyrrole nitrogens is 1. The zero-order chi connectivity index (χ0) is 27.5. The average Bonchev–Trinajstić information content (AvgIpc) is 3.68. The van der Waals surface area contributed by atoms with Gasteiger partial charge in [-0.3, -0.25) is 19.3 Å². The summed E-state index contributed by atoms with van der Waals surface area (Å²) >= 11 is 0.770. The molecule has 0 spiro atoms. The Morgan fingerprint density at radius 2 is 1.87 bits per heavy atom. The van der Waals surface area contributed by atoms with E-state index in [1.54, 1.807) is 30.5 Å². The number of nitrogen functional groups attached to an aromatic ring is 1. The molecule has 1 aliphatic rings. The van der Waals surface area contributed by atoms with Crippen LogP contribution in [0.25, 0.3) is 10.9 Å². The van der Waals surface area contributed by atoms with E-state index in [-0.39, 0.29) is 28.2 Å². The van der Waals surface area contributed by atoms with Crippen LogP contribution in [-0.4, -0.2) is 39.7 Å². The maximum atomic E-state index is 14.4. The van der Waals surface area contributed by atoms with Gasteiger partial charge >= 0.3 is 0 Å². The fourth-order valence-corrected chi connectivity index (χ4v) is 5.85. The number of aromatic nitrogens is 2. The van der Waals surface area contributed by atoms with Crippen LogP contribution < -0.4 is 26.4 Å². The fourth-order valence-electron chi connectivity index (χ4n) is 5.11. The summed E-state index contributed by atoms with van der Waals surface area (Å²) in [5, 5.41) is 3.97. The molecule has 1 fully saturated rings. The van der Waals surface area contributed by atoms with E-state index in [1.807, 2.05) is 31.2 Å². The summed E-state index contributed by atoms with van der Waals surface area (Å²) in [5.74, 6) is -1.34. The number of hydrogen-bond donors (Lipinski definition) is 4. The van der Waals surface area contributed by atoms with Gasteiger partial charge < -0.3 is 26.5 Å². The first kappa shape index (κ1) is 26.2. The molecule has 6 N–H and O–H groups in total. The molecule has 3 amide bonds. The Kier molecular flexibility index (Phi) is 7.51. The van der Waals surface area contributed by atoms with Crippen LogP contribution in [0, 0.1) is 0 Å². The number of benzene rings is 2. The third-order valence-corrected chi connectivity index (χ3v) is 7.77. The van der Waals surface area contributed by atoms with Crippen LogP contribution in [0.4, 0.5) is 11.4 Å². The highest BCUT2D eigenvalue weighted by molar-refractivity contribution is 7.09. The van der Waals surface area contributed by atoms with Crippen LogP contribution in [0.3, 0.4) is 0 Å². The molecular formula is C28H30N6O4S. The van der Waals surface area contributed by atoms with E-state index in [1.165, 1.54) is 4.90 Å². The molecule has 0 radical (unpaired) electrons.